The molecule has 12 nitrogen and oxygen atoms in total. The molecule has 1 N–H and O–H groups in total. The lowest BCUT2D eigenvalue weighted by atomic mass is 10.1. The van der Waals surface area contributed by atoms with E-state index in [2.05, 4.69) is 21.4 Å². The Labute approximate surface area is 350 Å². The highest BCUT2D eigenvalue weighted by Crippen LogP contribution is 2.12. The maximum absolute atomic E-state index is 12.0. The van der Waals surface area contributed by atoms with Gasteiger partial charge in [0.1, 0.15) is 5.69 Å². The van der Waals surface area contributed by atoms with Crippen LogP contribution in [0.25, 0.3) is 0 Å². The molecule has 0 radical (unpaired) electrons. The van der Waals surface area contributed by atoms with E-state index in [4.69, 9.17) is 14.6 Å². The highest BCUT2D eigenvalue weighted by molar-refractivity contribution is 7.99. The van der Waals surface area contributed by atoms with E-state index in [0.717, 1.165) is 42.8 Å². The zero-order valence-corrected chi connectivity index (χ0v) is 36.7. The maximum atomic E-state index is 12.0. The van der Waals surface area contributed by atoms with Crippen LogP contribution in [0.3, 0.4) is 0 Å². The number of methoxy groups -OCH3 is 2. The smallest absolute Gasteiger partial charge is 0.356 e. The number of aryl methyl sites for hydroxylation is 1. The summed E-state index contributed by atoms with van der Waals surface area (Å²) in [4.78, 5) is 63.1. The lowest BCUT2D eigenvalue weighted by Gasteiger charge is -2.19. The monoisotopic (exact) mass is 826 g/mol. The van der Waals surface area contributed by atoms with Crippen LogP contribution in [0.1, 0.15) is 143 Å². The summed E-state index contributed by atoms with van der Waals surface area (Å²) in [6.45, 7) is 14.6. The van der Waals surface area contributed by atoms with Crippen molar-refractivity contribution >= 4 is 41.5 Å². The summed E-state index contributed by atoms with van der Waals surface area (Å²) in [5.41, 5.74) is 2.80. The lowest BCUT2D eigenvalue weighted by Crippen LogP contribution is -2.30. The van der Waals surface area contributed by atoms with Gasteiger partial charge in [-0.15, -0.1) is 0 Å². The number of amides is 1. The molecule has 0 unspecified atom stereocenters. The van der Waals surface area contributed by atoms with Crippen molar-refractivity contribution in [3.63, 3.8) is 0 Å². The Balaban J connectivity index is 0.000000756. The van der Waals surface area contributed by atoms with E-state index in [9.17, 15) is 24.0 Å². The summed E-state index contributed by atoms with van der Waals surface area (Å²) < 4.78 is 18.9. The van der Waals surface area contributed by atoms with E-state index in [-0.39, 0.29) is 22.7 Å². The molecule has 0 bridgehead atoms. The number of benzene rings is 2. The number of pyridine rings is 1. The van der Waals surface area contributed by atoms with Crippen molar-refractivity contribution in [3.8, 4) is 0 Å². The van der Waals surface area contributed by atoms with Crippen molar-refractivity contribution < 1.29 is 48.0 Å². The van der Waals surface area contributed by atoms with Crippen molar-refractivity contribution in [1.29, 1.82) is 0 Å². The number of esters is 4. The minimum atomic E-state index is -0.550. The number of rotatable bonds is 20. The van der Waals surface area contributed by atoms with Crippen LogP contribution in [0.4, 0.5) is 0 Å². The number of aromatic nitrogens is 1. The highest BCUT2D eigenvalue weighted by Gasteiger charge is 2.17. The Bertz CT molecular complexity index is 1510. The molecule has 13 heteroatoms. The first-order chi connectivity index (χ1) is 28.0. The third kappa shape index (κ3) is 22.3. The Hall–Kier alpha value is -4.75. The second-order valence-corrected chi connectivity index (χ2v) is 13.9. The standard InChI is InChI=1S/C13H17NO4.C12H17NO.C10H10O4.C10H22OS/c1-3-7-17-12(15)10-5-6-11(14-9-10)13(16)18-8-4-2;1-4-13(5-2)12(14)11-9-7-6-8-10(11)3;1-13-9(11)7-5-3-4-6-8(7)10(12)14-2;1-2-3-4-5-6-7-9-12-10-8-11/h5-6,9H,3-4,7-8H2,1-2H3;6-9H,4-5H2,1-3H3;3-6H,1-2H3;11H,2-10H2,1H3. The van der Waals surface area contributed by atoms with Gasteiger partial charge in [0, 0.05) is 30.6 Å². The van der Waals surface area contributed by atoms with Gasteiger partial charge in [-0.2, -0.15) is 11.8 Å². The quantitative estimate of drug-likeness (QED) is 0.0656. The van der Waals surface area contributed by atoms with E-state index in [1.165, 1.54) is 89.0 Å². The number of unbranched alkanes of at least 4 members (excludes halogenated alkanes) is 5. The zero-order valence-electron chi connectivity index (χ0n) is 35.9. The Morgan fingerprint density at radius 2 is 1.14 bits per heavy atom. The second kappa shape index (κ2) is 34.3. The molecule has 1 heterocycles. The summed E-state index contributed by atoms with van der Waals surface area (Å²) >= 11 is 1.87. The molecule has 0 spiro atoms. The molecule has 0 aliphatic heterocycles. The van der Waals surface area contributed by atoms with Gasteiger partial charge in [-0.25, -0.2) is 24.2 Å². The Morgan fingerprint density at radius 1 is 0.621 bits per heavy atom. The molecule has 3 aromatic rings. The largest absolute Gasteiger partial charge is 0.465 e. The van der Waals surface area contributed by atoms with E-state index in [0.29, 0.717) is 25.4 Å². The second-order valence-electron chi connectivity index (χ2n) is 12.6. The summed E-state index contributed by atoms with van der Waals surface area (Å²) in [5.74, 6) is 0.259. The van der Waals surface area contributed by atoms with Crippen LogP contribution in [0.2, 0.25) is 0 Å². The van der Waals surface area contributed by atoms with Crippen LogP contribution in [0.5, 0.6) is 0 Å². The van der Waals surface area contributed by atoms with Crippen LogP contribution in [0, 0.1) is 6.92 Å². The van der Waals surface area contributed by atoms with Gasteiger partial charge in [-0.1, -0.05) is 83.2 Å². The van der Waals surface area contributed by atoms with Gasteiger partial charge in [0.2, 0.25) is 0 Å². The molecule has 0 aliphatic rings. The van der Waals surface area contributed by atoms with E-state index in [1.807, 2.05) is 75.5 Å². The number of hydrogen-bond donors (Lipinski definition) is 1. The van der Waals surface area contributed by atoms with Crippen LogP contribution in [0.15, 0.2) is 66.9 Å². The minimum absolute atomic E-state index is 0.133. The summed E-state index contributed by atoms with van der Waals surface area (Å²) in [7, 11) is 2.52. The third-order valence-electron chi connectivity index (χ3n) is 8.12. The van der Waals surface area contributed by atoms with Crippen molar-refractivity contribution in [1.82, 2.24) is 9.88 Å². The zero-order chi connectivity index (χ0) is 43.6. The molecule has 58 heavy (non-hydrogen) atoms. The lowest BCUT2D eigenvalue weighted by molar-refractivity contribution is 0.0485. The summed E-state index contributed by atoms with van der Waals surface area (Å²) in [6.07, 6.45) is 11.1. The summed E-state index contributed by atoms with van der Waals surface area (Å²) in [5, 5.41) is 8.52. The van der Waals surface area contributed by atoms with Gasteiger partial charge >= 0.3 is 23.9 Å². The van der Waals surface area contributed by atoms with Crippen LogP contribution < -0.4 is 0 Å². The van der Waals surface area contributed by atoms with Crippen molar-refractivity contribution in [3.05, 3.63) is 100 Å². The van der Waals surface area contributed by atoms with Crippen molar-refractivity contribution in [2.24, 2.45) is 0 Å². The summed E-state index contributed by atoms with van der Waals surface area (Å²) in [6, 6.07) is 17.0. The molecular formula is C45H66N2O10S. The molecule has 0 aliphatic carbocycles. The van der Waals surface area contributed by atoms with Gasteiger partial charge in [-0.05, 0) is 81.7 Å². The first kappa shape index (κ1) is 53.2. The predicted molar refractivity (Wildman–Crippen MR) is 231 cm³/mol. The number of hydrogen-bond acceptors (Lipinski definition) is 12. The molecule has 0 atom stereocenters. The highest BCUT2D eigenvalue weighted by atomic mass is 32.2. The number of ether oxygens (including phenoxy) is 4. The van der Waals surface area contributed by atoms with E-state index >= 15 is 0 Å². The first-order valence-electron chi connectivity index (χ1n) is 20.1. The average Bonchev–Trinajstić information content (AvgIpc) is 3.26. The fourth-order valence-corrected chi connectivity index (χ4v) is 5.63. The number of thioether (sulfide) groups is 1. The van der Waals surface area contributed by atoms with Gasteiger partial charge in [0.15, 0.2) is 0 Å². The fraction of sp³-hybridized carbons (Fsp3) is 0.511. The number of nitrogens with zero attached hydrogens (tertiary/aromatic N) is 2. The number of carbonyl (C=O) groups is 5. The first-order valence-corrected chi connectivity index (χ1v) is 21.3. The van der Waals surface area contributed by atoms with E-state index in [1.54, 1.807) is 12.1 Å². The van der Waals surface area contributed by atoms with Crippen molar-refractivity contribution in [2.75, 3.05) is 58.6 Å². The average molecular weight is 827 g/mol. The molecule has 0 fully saturated rings. The Morgan fingerprint density at radius 3 is 1.60 bits per heavy atom. The molecular weight excluding hydrogens is 761 g/mol. The molecule has 1 aromatic heterocycles. The van der Waals surface area contributed by atoms with E-state index < -0.39 is 23.9 Å². The van der Waals surface area contributed by atoms with Gasteiger partial charge in [0.25, 0.3) is 5.91 Å². The topological polar surface area (TPSA) is 159 Å². The molecule has 2 aromatic carbocycles. The number of aliphatic hydroxyl groups excluding tert-OH is 1. The predicted octanol–water partition coefficient (Wildman–Crippen LogP) is 9.02. The number of carbonyl (C=O) groups excluding carboxylic acids is 5. The maximum Gasteiger partial charge on any atom is 0.356 e. The third-order valence-corrected chi connectivity index (χ3v) is 9.17. The molecule has 3 rings (SSSR count). The van der Waals surface area contributed by atoms with Crippen LogP contribution >= 0.6 is 11.8 Å². The Kier molecular flexibility index (Phi) is 31.5. The SMILES string of the molecule is CCCCCCCCSCCO.CCCOC(=O)c1ccc(C(=O)OCCC)nc1.CCN(CC)C(=O)c1ccccc1C.COC(=O)c1ccccc1C(=O)OC. The van der Waals surface area contributed by atoms with Crippen LogP contribution in [-0.2, 0) is 18.9 Å². The molecule has 0 saturated carbocycles. The number of aliphatic hydroxyl groups is 1. The van der Waals surface area contributed by atoms with Crippen LogP contribution in [-0.4, -0.2) is 103 Å². The van der Waals surface area contributed by atoms with Gasteiger partial charge in [-0.3, -0.25) is 4.79 Å². The molecule has 1 amide bonds. The van der Waals surface area contributed by atoms with Crippen molar-refractivity contribution in [2.45, 2.75) is 92.9 Å². The normalized spacial score (nSPS) is 9.88. The molecule has 322 valence electrons. The molecule has 0 saturated heterocycles. The van der Waals surface area contributed by atoms with Gasteiger partial charge < -0.3 is 29.0 Å². The minimum Gasteiger partial charge on any atom is -0.465 e. The fourth-order valence-electron chi connectivity index (χ4n) is 4.89. The van der Waals surface area contributed by atoms with Gasteiger partial charge in [0.05, 0.1) is 50.7 Å².